The van der Waals surface area contributed by atoms with Gasteiger partial charge in [0.05, 0.1) is 5.69 Å². The molecule has 0 saturated heterocycles. The molecule has 3 N–H and O–H groups in total. The summed E-state index contributed by atoms with van der Waals surface area (Å²) in [6.07, 6.45) is 0. The molecule has 1 heterocycles. The molecule has 0 spiro atoms. The van der Waals surface area contributed by atoms with Gasteiger partial charge in [-0.15, -0.1) is 0 Å². The lowest BCUT2D eigenvalue weighted by molar-refractivity contribution is 0.476. The SMILES string of the molecule is Cc1ccc(-c2cc(N)n(C)n2)c(O)c1. The molecule has 0 unspecified atom stereocenters. The van der Waals surface area contributed by atoms with Crippen molar-refractivity contribution in [3.63, 3.8) is 0 Å². The number of nitrogen functional groups attached to an aromatic ring is 1. The van der Waals surface area contributed by atoms with Crippen LogP contribution in [0.25, 0.3) is 11.3 Å². The van der Waals surface area contributed by atoms with Crippen molar-refractivity contribution < 1.29 is 5.11 Å². The monoisotopic (exact) mass is 203 g/mol. The number of aromatic nitrogens is 2. The average Bonchev–Trinajstić information content (AvgIpc) is 2.46. The van der Waals surface area contributed by atoms with Crippen LogP contribution in [-0.4, -0.2) is 14.9 Å². The summed E-state index contributed by atoms with van der Waals surface area (Å²) in [5.74, 6) is 0.804. The van der Waals surface area contributed by atoms with Crippen LogP contribution in [-0.2, 0) is 7.05 Å². The van der Waals surface area contributed by atoms with Crippen molar-refractivity contribution in [2.45, 2.75) is 6.92 Å². The van der Waals surface area contributed by atoms with Crippen LogP contribution >= 0.6 is 0 Å². The van der Waals surface area contributed by atoms with Crippen molar-refractivity contribution >= 4 is 5.82 Å². The van der Waals surface area contributed by atoms with E-state index in [4.69, 9.17) is 5.73 Å². The first kappa shape index (κ1) is 9.58. The van der Waals surface area contributed by atoms with E-state index in [9.17, 15) is 5.11 Å². The molecule has 78 valence electrons. The van der Waals surface area contributed by atoms with Crippen LogP contribution in [0, 0.1) is 6.92 Å². The summed E-state index contributed by atoms with van der Waals surface area (Å²) in [5, 5.41) is 14.0. The van der Waals surface area contributed by atoms with Gasteiger partial charge in [0.15, 0.2) is 0 Å². The van der Waals surface area contributed by atoms with E-state index in [1.165, 1.54) is 0 Å². The first-order valence-electron chi connectivity index (χ1n) is 4.67. The molecule has 2 aromatic rings. The second-order valence-electron chi connectivity index (χ2n) is 3.60. The maximum absolute atomic E-state index is 9.75. The Hall–Kier alpha value is -1.97. The van der Waals surface area contributed by atoms with E-state index in [1.54, 1.807) is 23.9 Å². The number of rotatable bonds is 1. The molecule has 0 amide bonds. The number of phenolic OH excluding ortho intramolecular Hbond substituents is 1. The number of hydrogen-bond acceptors (Lipinski definition) is 3. The van der Waals surface area contributed by atoms with E-state index in [0.717, 1.165) is 5.56 Å². The quantitative estimate of drug-likeness (QED) is 0.741. The molecule has 0 fully saturated rings. The minimum atomic E-state index is 0.230. The van der Waals surface area contributed by atoms with Crippen molar-refractivity contribution in [3.8, 4) is 17.0 Å². The number of aromatic hydroxyl groups is 1. The minimum Gasteiger partial charge on any atom is -0.507 e. The van der Waals surface area contributed by atoms with Crippen LogP contribution in [0.2, 0.25) is 0 Å². The molecule has 0 radical (unpaired) electrons. The number of nitrogens with zero attached hydrogens (tertiary/aromatic N) is 2. The van der Waals surface area contributed by atoms with E-state index in [0.29, 0.717) is 17.1 Å². The zero-order valence-electron chi connectivity index (χ0n) is 8.73. The van der Waals surface area contributed by atoms with Crippen LogP contribution in [0.5, 0.6) is 5.75 Å². The smallest absolute Gasteiger partial charge is 0.125 e. The zero-order valence-corrected chi connectivity index (χ0v) is 8.73. The number of aryl methyl sites for hydroxylation is 2. The molecule has 0 saturated carbocycles. The third-order valence-electron chi connectivity index (χ3n) is 2.35. The van der Waals surface area contributed by atoms with E-state index < -0.39 is 0 Å². The highest BCUT2D eigenvalue weighted by Crippen LogP contribution is 2.29. The number of benzene rings is 1. The average molecular weight is 203 g/mol. The van der Waals surface area contributed by atoms with Gasteiger partial charge in [0.25, 0.3) is 0 Å². The van der Waals surface area contributed by atoms with Crippen LogP contribution in [0.3, 0.4) is 0 Å². The summed E-state index contributed by atoms with van der Waals surface area (Å²) in [7, 11) is 1.77. The molecule has 0 aliphatic heterocycles. The lowest BCUT2D eigenvalue weighted by Gasteiger charge is -2.01. The summed E-state index contributed by atoms with van der Waals surface area (Å²) in [4.78, 5) is 0. The minimum absolute atomic E-state index is 0.230. The van der Waals surface area contributed by atoms with E-state index >= 15 is 0 Å². The van der Waals surface area contributed by atoms with Crippen LogP contribution in [0.4, 0.5) is 5.82 Å². The van der Waals surface area contributed by atoms with Gasteiger partial charge in [-0.05, 0) is 24.6 Å². The highest BCUT2D eigenvalue weighted by molar-refractivity contribution is 5.69. The Morgan fingerprint density at radius 3 is 2.60 bits per heavy atom. The van der Waals surface area contributed by atoms with Crippen molar-refractivity contribution in [1.29, 1.82) is 0 Å². The fourth-order valence-corrected chi connectivity index (χ4v) is 1.47. The maximum atomic E-state index is 9.75. The van der Waals surface area contributed by atoms with Crippen molar-refractivity contribution in [2.75, 3.05) is 5.73 Å². The van der Waals surface area contributed by atoms with Crippen LogP contribution in [0.1, 0.15) is 5.56 Å². The lowest BCUT2D eigenvalue weighted by Crippen LogP contribution is -1.96. The fourth-order valence-electron chi connectivity index (χ4n) is 1.47. The first-order valence-corrected chi connectivity index (χ1v) is 4.67. The van der Waals surface area contributed by atoms with Gasteiger partial charge in [-0.2, -0.15) is 5.10 Å². The summed E-state index contributed by atoms with van der Waals surface area (Å²) in [6, 6.07) is 7.22. The highest BCUT2D eigenvalue weighted by Gasteiger charge is 2.08. The molecule has 0 atom stereocenters. The number of phenols is 1. The summed E-state index contributed by atoms with van der Waals surface area (Å²) in [6.45, 7) is 1.93. The van der Waals surface area contributed by atoms with Crippen molar-refractivity contribution in [3.05, 3.63) is 29.8 Å². The molecular formula is C11H13N3O. The molecule has 4 heteroatoms. The number of hydrogen-bond donors (Lipinski definition) is 2. The number of nitrogens with two attached hydrogens (primary N) is 1. The Kier molecular flexibility index (Phi) is 2.11. The van der Waals surface area contributed by atoms with Gasteiger partial charge < -0.3 is 10.8 Å². The second kappa shape index (κ2) is 3.31. The van der Waals surface area contributed by atoms with E-state index in [2.05, 4.69) is 5.10 Å². The Balaban J connectivity index is 2.54. The Morgan fingerprint density at radius 1 is 1.33 bits per heavy atom. The topological polar surface area (TPSA) is 64.1 Å². The standard InChI is InChI=1S/C11H13N3O/c1-7-3-4-8(10(15)5-7)9-6-11(12)14(2)13-9/h3-6,15H,12H2,1-2H3. The molecule has 0 bridgehead atoms. The van der Waals surface area contributed by atoms with Crippen LogP contribution in [0.15, 0.2) is 24.3 Å². The lowest BCUT2D eigenvalue weighted by atomic mass is 10.1. The first-order chi connectivity index (χ1) is 7.08. The molecule has 15 heavy (non-hydrogen) atoms. The van der Waals surface area contributed by atoms with Crippen molar-refractivity contribution in [1.82, 2.24) is 9.78 Å². The van der Waals surface area contributed by atoms with Gasteiger partial charge in [0.1, 0.15) is 11.6 Å². The summed E-state index contributed by atoms with van der Waals surface area (Å²) < 4.78 is 1.58. The Bertz CT molecular complexity index is 483. The summed E-state index contributed by atoms with van der Waals surface area (Å²) in [5.41, 5.74) is 8.08. The highest BCUT2D eigenvalue weighted by atomic mass is 16.3. The fraction of sp³-hybridized carbons (Fsp3) is 0.182. The zero-order chi connectivity index (χ0) is 11.0. The van der Waals surface area contributed by atoms with Gasteiger partial charge in [-0.1, -0.05) is 6.07 Å². The van der Waals surface area contributed by atoms with E-state index in [1.807, 2.05) is 19.1 Å². The predicted octanol–water partition coefficient (Wildman–Crippen LogP) is 1.68. The van der Waals surface area contributed by atoms with Gasteiger partial charge in [0.2, 0.25) is 0 Å². The van der Waals surface area contributed by atoms with Gasteiger partial charge >= 0.3 is 0 Å². The second-order valence-corrected chi connectivity index (χ2v) is 3.60. The van der Waals surface area contributed by atoms with Crippen LogP contribution < -0.4 is 5.73 Å². The van der Waals surface area contributed by atoms with Crippen molar-refractivity contribution in [2.24, 2.45) is 7.05 Å². The largest absolute Gasteiger partial charge is 0.507 e. The number of anilines is 1. The molecule has 2 rings (SSSR count). The normalized spacial score (nSPS) is 10.5. The molecule has 4 nitrogen and oxygen atoms in total. The molecular weight excluding hydrogens is 190 g/mol. The van der Waals surface area contributed by atoms with Gasteiger partial charge in [0, 0.05) is 18.7 Å². The Labute approximate surface area is 88.0 Å². The molecule has 1 aromatic heterocycles. The van der Waals surface area contributed by atoms with Gasteiger partial charge in [-0.3, -0.25) is 4.68 Å². The predicted molar refractivity (Wildman–Crippen MR) is 59.5 cm³/mol. The maximum Gasteiger partial charge on any atom is 0.125 e. The summed E-state index contributed by atoms with van der Waals surface area (Å²) >= 11 is 0. The Morgan fingerprint density at radius 2 is 2.07 bits per heavy atom. The molecule has 0 aliphatic carbocycles. The van der Waals surface area contributed by atoms with Gasteiger partial charge in [-0.25, -0.2) is 0 Å². The third kappa shape index (κ3) is 1.66. The van der Waals surface area contributed by atoms with E-state index in [-0.39, 0.29) is 5.75 Å². The molecule has 0 aliphatic rings. The third-order valence-corrected chi connectivity index (χ3v) is 2.35. The molecule has 1 aromatic carbocycles.